The molecule has 0 aliphatic carbocycles. The number of aliphatic carboxylic acids is 1. The molecule has 2 rings (SSSR count). The largest absolute Gasteiger partial charge is 0.480 e. The van der Waals surface area contributed by atoms with Gasteiger partial charge in [-0.15, -0.1) is 0 Å². The topological polar surface area (TPSA) is 118 Å². The molecule has 20 heavy (non-hydrogen) atoms. The van der Waals surface area contributed by atoms with E-state index in [2.05, 4.69) is 20.4 Å². The molecule has 0 aliphatic heterocycles. The molecule has 0 spiro atoms. The van der Waals surface area contributed by atoms with Gasteiger partial charge in [-0.25, -0.2) is 0 Å². The number of carboxylic acid groups (broad SMARTS) is 1. The van der Waals surface area contributed by atoms with E-state index in [-0.39, 0.29) is 18.7 Å². The highest BCUT2D eigenvalue weighted by atomic mass is 16.5. The van der Waals surface area contributed by atoms with Gasteiger partial charge in [0.15, 0.2) is 0 Å². The van der Waals surface area contributed by atoms with Gasteiger partial charge >= 0.3 is 5.97 Å². The van der Waals surface area contributed by atoms with Crippen molar-refractivity contribution in [1.82, 2.24) is 20.4 Å². The predicted molar refractivity (Wildman–Crippen MR) is 66.5 cm³/mol. The van der Waals surface area contributed by atoms with Crippen molar-refractivity contribution in [1.29, 1.82) is 0 Å². The van der Waals surface area contributed by atoms with Gasteiger partial charge in [0.05, 0.1) is 0 Å². The van der Waals surface area contributed by atoms with E-state index in [1.165, 1.54) is 0 Å². The number of amides is 1. The second-order valence-electron chi connectivity index (χ2n) is 3.92. The zero-order valence-electron chi connectivity index (χ0n) is 10.4. The average molecular weight is 276 g/mol. The van der Waals surface area contributed by atoms with Gasteiger partial charge in [0.2, 0.25) is 17.6 Å². The minimum absolute atomic E-state index is 0.0886. The van der Waals surface area contributed by atoms with Gasteiger partial charge < -0.3 is 14.9 Å². The average Bonchev–Trinajstić information content (AvgIpc) is 2.93. The Bertz CT molecular complexity index is 597. The van der Waals surface area contributed by atoms with Gasteiger partial charge in [0, 0.05) is 30.8 Å². The van der Waals surface area contributed by atoms with Crippen molar-refractivity contribution in [2.45, 2.75) is 12.8 Å². The van der Waals surface area contributed by atoms with E-state index < -0.39 is 12.5 Å². The van der Waals surface area contributed by atoms with Crippen molar-refractivity contribution >= 4 is 11.9 Å². The molecule has 8 heteroatoms. The Hall–Kier alpha value is -2.77. The molecule has 0 unspecified atom stereocenters. The number of carbonyl (C=O) groups excluding carboxylic acids is 1. The first-order chi connectivity index (χ1) is 9.65. The van der Waals surface area contributed by atoms with Gasteiger partial charge in [-0.05, 0) is 12.1 Å². The third-order valence-corrected chi connectivity index (χ3v) is 2.41. The first-order valence-electron chi connectivity index (χ1n) is 5.86. The van der Waals surface area contributed by atoms with E-state index in [0.29, 0.717) is 11.7 Å². The number of hydrogen-bond acceptors (Lipinski definition) is 6. The van der Waals surface area contributed by atoms with Crippen molar-refractivity contribution in [3.8, 4) is 11.4 Å². The highest BCUT2D eigenvalue weighted by molar-refractivity contribution is 5.81. The highest BCUT2D eigenvalue weighted by Gasteiger charge is 2.10. The van der Waals surface area contributed by atoms with Crippen LogP contribution in [0.1, 0.15) is 12.3 Å². The summed E-state index contributed by atoms with van der Waals surface area (Å²) in [5.41, 5.74) is 0.769. The van der Waals surface area contributed by atoms with E-state index in [4.69, 9.17) is 9.63 Å². The summed E-state index contributed by atoms with van der Waals surface area (Å²) in [6, 6.07) is 3.49. The van der Waals surface area contributed by atoms with Crippen LogP contribution in [-0.2, 0) is 16.0 Å². The van der Waals surface area contributed by atoms with Crippen LogP contribution in [0.5, 0.6) is 0 Å². The Labute approximate surface area is 113 Å². The van der Waals surface area contributed by atoms with Crippen LogP contribution in [0.3, 0.4) is 0 Å². The van der Waals surface area contributed by atoms with Crippen molar-refractivity contribution < 1.29 is 19.2 Å². The Morgan fingerprint density at radius 2 is 2.05 bits per heavy atom. The molecular formula is C12H12N4O4. The van der Waals surface area contributed by atoms with Gasteiger partial charge in [0.25, 0.3) is 0 Å². The summed E-state index contributed by atoms with van der Waals surface area (Å²) in [6.07, 6.45) is 3.57. The lowest BCUT2D eigenvalue weighted by atomic mass is 10.2. The molecule has 0 atom stereocenters. The molecule has 0 saturated heterocycles. The molecule has 8 nitrogen and oxygen atoms in total. The molecular weight excluding hydrogens is 264 g/mol. The normalized spacial score (nSPS) is 10.2. The van der Waals surface area contributed by atoms with Crippen LogP contribution < -0.4 is 5.32 Å². The fraction of sp³-hybridized carbons (Fsp3) is 0.250. The van der Waals surface area contributed by atoms with Crippen LogP contribution in [0, 0.1) is 0 Å². The van der Waals surface area contributed by atoms with Crippen LogP contribution in [0.4, 0.5) is 0 Å². The molecule has 2 N–H and O–H groups in total. The fourth-order valence-electron chi connectivity index (χ4n) is 1.46. The van der Waals surface area contributed by atoms with Crippen LogP contribution >= 0.6 is 0 Å². The standard InChI is InChI=1S/C12H12N4O4/c17-9(14-7-11(18)19)1-2-10-15-12(16-20-10)8-3-5-13-6-4-8/h3-6H,1-2,7H2,(H,14,17)(H,18,19). The quantitative estimate of drug-likeness (QED) is 0.777. The maximum Gasteiger partial charge on any atom is 0.322 e. The number of nitrogens with zero attached hydrogens (tertiary/aromatic N) is 3. The van der Waals surface area contributed by atoms with Crippen LogP contribution in [0.25, 0.3) is 11.4 Å². The van der Waals surface area contributed by atoms with Crippen LogP contribution in [0.2, 0.25) is 0 Å². The smallest absolute Gasteiger partial charge is 0.322 e. The molecule has 2 aromatic heterocycles. The number of aromatic nitrogens is 3. The summed E-state index contributed by atoms with van der Waals surface area (Å²) in [5, 5.41) is 14.5. The molecule has 0 bridgehead atoms. The minimum Gasteiger partial charge on any atom is -0.480 e. The summed E-state index contributed by atoms with van der Waals surface area (Å²) < 4.78 is 5.02. The van der Waals surface area contributed by atoms with Gasteiger partial charge in [-0.3, -0.25) is 14.6 Å². The monoisotopic (exact) mass is 276 g/mol. The predicted octanol–water partition coefficient (Wildman–Crippen LogP) is 0.265. The SMILES string of the molecule is O=C(O)CNC(=O)CCc1nc(-c2ccncc2)no1. The Morgan fingerprint density at radius 1 is 1.30 bits per heavy atom. The first-order valence-corrected chi connectivity index (χ1v) is 5.86. The maximum atomic E-state index is 11.3. The number of nitrogens with one attached hydrogen (secondary N) is 1. The Morgan fingerprint density at radius 3 is 2.75 bits per heavy atom. The number of carbonyl (C=O) groups is 2. The molecule has 0 fully saturated rings. The molecule has 2 heterocycles. The van der Waals surface area contributed by atoms with Crippen LogP contribution in [-0.4, -0.2) is 38.7 Å². The molecule has 1 amide bonds. The van der Waals surface area contributed by atoms with Crippen molar-refractivity contribution in [3.63, 3.8) is 0 Å². The summed E-state index contributed by atoms with van der Waals surface area (Å²) in [6.45, 7) is -0.398. The van der Waals surface area contributed by atoms with E-state index in [9.17, 15) is 9.59 Å². The first kappa shape index (κ1) is 13.7. The van der Waals surface area contributed by atoms with Gasteiger partial charge in [-0.1, -0.05) is 5.16 Å². The highest BCUT2D eigenvalue weighted by Crippen LogP contribution is 2.14. The second-order valence-corrected chi connectivity index (χ2v) is 3.92. The molecule has 104 valence electrons. The Balaban J connectivity index is 1.87. The number of rotatable bonds is 6. The molecule has 2 aromatic rings. The number of hydrogen-bond donors (Lipinski definition) is 2. The summed E-state index contributed by atoms with van der Waals surface area (Å²) in [7, 11) is 0. The third kappa shape index (κ3) is 3.87. The van der Waals surface area contributed by atoms with E-state index in [1.54, 1.807) is 24.5 Å². The van der Waals surface area contributed by atoms with Crippen molar-refractivity contribution in [2.75, 3.05) is 6.54 Å². The zero-order chi connectivity index (χ0) is 14.4. The van der Waals surface area contributed by atoms with Gasteiger partial charge in [-0.2, -0.15) is 4.98 Å². The van der Waals surface area contributed by atoms with E-state index in [0.717, 1.165) is 5.56 Å². The number of carboxylic acids is 1. The van der Waals surface area contributed by atoms with Crippen molar-refractivity contribution in [2.24, 2.45) is 0 Å². The lowest BCUT2D eigenvalue weighted by molar-refractivity contribution is -0.137. The number of pyridine rings is 1. The van der Waals surface area contributed by atoms with E-state index >= 15 is 0 Å². The molecule has 0 radical (unpaired) electrons. The van der Waals surface area contributed by atoms with E-state index in [1.807, 2.05) is 0 Å². The van der Waals surface area contributed by atoms with Crippen LogP contribution in [0.15, 0.2) is 29.0 Å². The molecule has 0 aromatic carbocycles. The summed E-state index contributed by atoms with van der Waals surface area (Å²) in [5.74, 6) is -0.720. The zero-order valence-corrected chi connectivity index (χ0v) is 10.4. The minimum atomic E-state index is -1.09. The third-order valence-electron chi connectivity index (χ3n) is 2.41. The van der Waals surface area contributed by atoms with Gasteiger partial charge in [0.1, 0.15) is 6.54 Å². The molecule has 0 aliphatic rings. The second kappa shape index (κ2) is 6.41. The number of aryl methyl sites for hydroxylation is 1. The Kier molecular flexibility index (Phi) is 4.38. The van der Waals surface area contributed by atoms with Crippen molar-refractivity contribution in [3.05, 3.63) is 30.4 Å². The summed E-state index contributed by atoms with van der Waals surface area (Å²) in [4.78, 5) is 29.6. The lowest BCUT2D eigenvalue weighted by Gasteiger charge is -1.99. The lowest BCUT2D eigenvalue weighted by Crippen LogP contribution is -2.29. The maximum absolute atomic E-state index is 11.3. The summed E-state index contributed by atoms with van der Waals surface area (Å²) >= 11 is 0. The molecule has 0 saturated carbocycles. The fourth-order valence-corrected chi connectivity index (χ4v) is 1.46.